The maximum atomic E-state index is 12.3. The number of carbonyl (C=O) groups is 2. The van der Waals surface area contributed by atoms with Gasteiger partial charge in [0.1, 0.15) is 18.1 Å². The second-order valence-electron chi connectivity index (χ2n) is 6.23. The van der Waals surface area contributed by atoms with E-state index in [2.05, 4.69) is 10.9 Å². The molecule has 3 aromatic rings. The summed E-state index contributed by atoms with van der Waals surface area (Å²) in [4.78, 5) is 25.6. The van der Waals surface area contributed by atoms with Crippen molar-refractivity contribution in [3.8, 4) is 5.75 Å². The summed E-state index contributed by atoms with van der Waals surface area (Å²) in [6.07, 6.45) is 0.643. The fourth-order valence-corrected chi connectivity index (χ4v) is 4.03. The first-order valence-corrected chi connectivity index (χ1v) is 9.68. The molecule has 6 nitrogen and oxygen atoms in total. The molecule has 2 N–H and O–H groups in total. The average molecular weight is 394 g/mol. The quantitative estimate of drug-likeness (QED) is 0.649. The standard InChI is InChI=1S/C21H18N2O4S/c24-20(17-11-10-16(27-17)13-26-15-7-2-1-3-8-15)22-23-21(25)19-12-14-6-4-5-9-18(14)28-19/h1-11,19H,12-13H2,(H,22,24)(H,23,25). The molecule has 1 aliphatic rings. The molecule has 1 aliphatic heterocycles. The van der Waals surface area contributed by atoms with Gasteiger partial charge < -0.3 is 9.15 Å². The molecule has 4 rings (SSSR count). The van der Waals surface area contributed by atoms with E-state index in [1.54, 1.807) is 12.1 Å². The lowest BCUT2D eigenvalue weighted by molar-refractivity contribution is -0.121. The van der Waals surface area contributed by atoms with E-state index in [0.29, 0.717) is 17.9 Å². The lowest BCUT2D eigenvalue weighted by atomic mass is 10.1. The van der Waals surface area contributed by atoms with E-state index in [0.717, 1.165) is 10.5 Å². The molecule has 2 aromatic carbocycles. The minimum atomic E-state index is -0.514. The number of hydrogen-bond acceptors (Lipinski definition) is 5. The van der Waals surface area contributed by atoms with Crippen LogP contribution in [0.2, 0.25) is 0 Å². The molecule has 0 bridgehead atoms. The summed E-state index contributed by atoms with van der Waals surface area (Å²) in [5.41, 5.74) is 6.02. The highest BCUT2D eigenvalue weighted by molar-refractivity contribution is 8.01. The van der Waals surface area contributed by atoms with Gasteiger partial charge in [0.15, 0.2) is 5.76 Å². The number of hydrazine groups is 1. The van der Waals surface area contributed by atoms with Crippen molar-refractivity contribution in [1.82, 2.24) is 10.9 Å². The maximum absolute atomic E-state index is 12.3. The lowest BCUT2D eigenvalue weighted by Crippen LogP contribution is -2.45. The second kappa shape index (κ2) is 8.22. The minimum absolute atomic E-state index is 0.106. The summed E-state index contributed by atoms with van der Waals surface area (Å²) >= 11 is 1.50. The van der Waals surface area contributed by atoms with Crippen LogP contribution in [0.15, 0.2) is 76.0 Å². The molecular weight excluding hydrogens is 376 g/mol. The first-order chi connectivity index (χ1) is 13.7. The Kier molecular flexibility index (Phi) is 5.34. The van der Waals surface area contributed by atoms with Crippen LogP contribution in [-0.4, -0.2) is 17.1 Å². The van der Waals surface area contributed by atoms with Crippen molar-refractivity contribution in [2.75, 3.05) is 0 Å². The zero-order valence-electron chi connectivity index (χ0n) is 14.9. The van der Waals surface area contributed by atoms with Gasteiger partial charge in [-0.2, -0.15) is 0 Å². The number of benzene rings is 2. The molecule has 142 valence electrons. The van der Waals surface area contributed by atoms with E-state index in [9.17, 15) is 9.59 Å². The van der Waals surface area contributed by atoms with Crippen molar-refractivity contribution < 1.29 is 18.7 Å². The van der Waals surface area contributed by atoms with Crippen molar-refractivity contribution in [1.29, 1.82) is 0 Å². The monoisotopic (exact) mass is 394 g/mol. The molecule has 2 heterocycles. The van der Waals surface area contributed by atoms with Gasteiger partial charge in [0, 0.05) is 4.90 Å². The van der Waals surface area contributed by atoms with Crippen LogP contribution in [0.1, 0.15) is 21.9 Å². The van der Waals surface area contributed by atoms with Crippen molar-refractivity contribution in [3.05, 3.63) is 83.8 Å². The third kappa shape index (κ3) is 4.20. The van der Waals surface area contributed by atoms with Crippen LogP contribution in [-0.2, 0) is 17.8 Å². The number of rotatable bonds is 5. The van der Waals surface area contributed by atoms with Crippen molar-refractivity contribution in [2.45, 2.75) is 23.2 Å². The number of ether oxygens (including phenoxy) is 1. The molecule has 0 aliphatic carbocycles. The van der Waals surface area contributed by atoms with Crippen LogP contribution in [0.3, 0.4) is 0 Å². The third-order valence-corrected chi connectivity index (χ3v) is 5.57. The first-order valence-electron chi connectivity index (χ1n) is 8.80. The summed E-state index contributed by atoms with van der Waals surface area (Å²) in [5, 5.41) is -0.260. The molecule has 1 unspecified atom stereocenters. The number of furan rings is 1. The summed E-state index contributed by atoms with van der Waals surface area (Å²) in [5.74, 6) is 0.581. The Balaban J connectivity index is 1.26. The Bertz CT molecular complexity index is 962. The average Bonchev–Trinajstić information content (AvgIpc) is 3.38. The van der Waals surface area contributed by atoms with Crippen LogP contribution in [0.5, 0.6) is 5.75 Å². The number of thioether (sulfide) groups is 1. The summed E-state index contributed by atoms with van der Waals surface area (Å²) in [7, 11) is 0. The van der Waals surface area contributed by atoms with E-state index in [1.807, 2.05) is 54.6 Å². The molecule has 28 heavy (non-hydrogen) atoms. The van der Waals surface area contributed by atoms with E-state index in [1.165, 1.54) is 11.8 Å². The van der Waals surface area contributed by atoms with Gasteiger partial charge in [0.2, 0.25) is 0 Å². The van der Waals surface area contributed by atoms with Gasteiger partial charge in [0.05, 0.1) is 5.25 Å². The molecule has 7 heteroatoms. The normalized spacial score (nSPS) is 14.9. The number of amides is 2. The van der Waals surface area contributed by atoms with Gasteiger partial charge in [-0.05, 0) is 42.3 Å². The van der Waals surface area contributed by atoms with Crippen LogP contribution in [0, 0.1) is 0 Å². The van der Waals surface area contributed by atoms with Crippen LogP contribution >= 0.6 is 11.8 Å². The highest BCUT2D eigenvalue weighted by Crippen LogP contribution is 2.36. The Hall–Kier alpha value is -3.19. The third-order valence-electron chi connectivity index (χ3n) is 4.25. The van der Waals surface area contributed by atoms with Gasteiger partial charge in [-0.15, -0.1) is 11.8 Å². The van der Waals surface area contributed by atoms with Crippen molar-refractivity contribution in [3.63, 3.8) is 0 Å². The van der Waals surface area contributed by atoms with Gasteiger partial charge in [-0.3, -0.25) is 20.4 Å². The number of fused-ring (bicyclic) bond motifs is 1. The molecule has 1 aromatic heterocycles. The molecule has 0 fully saturated rings. The number of hydrogen-bond donors (Lipinski definition) is 2. The van der Waals surface area contributed by atoms with E-state index in [4.69, 9.17) is 9.15 Å². The van der Waals surface area contributed by atoms with Crippen LogP contribution in [0.4, 0.5) is 0 Å². The Labute approximate surface area is 166 Å². The second-order valence-corrected chi connectivity index (χ2v) is 7.47. The summed E-state index contributed by atoms with van der Waals surface area (Å²) in [6.45, 7) is 0.209. The van der Waals surface area contributed by atoms with Gasteiger partial charge in [0.25, 0.3) is 5.91 Å². The molecule has 0 saturated carbocycles. The molecule has 0 saturated heterocycles. The molecule has 2 amide bonds. The van der Waals surface area contributed by atoms with Crippen LogP contribution in [0.25, 0.3) is 0 Å². The van der Waals surface area contributed by atoms with Crippen molar-refractivity contribution in [2.24, 2.45) is 0 Å². The Morgan fingerprint density at radius 1 is 1.00 bits per heavy atom. The highest BCUT2D eigenvalue weighted by atomic mass is 32.2. The van der Waals surface area contributed by atoms with Gasteiger partial charge in [-0.25, -0.2) is 0 Å². The largest absolute Gasteiger partial charge is 0.486 e. The first kappa shape index (κ1) is 18.2. The lowest BCUT2D eigenvalue weighted by Gasteiger charge is -2.10. The van der Waals surface area contributed by atoms with Gasteiger partial charge in [-0.1, -0.05) is 36.4 Å². The fourth-order valence-electron chi connectivity index (χ4n) is 2.84. The maximum Gasteiger partial charge on any atom is 0.305 e. The summed E-state index contributed by atoms with van der Waals surface area (Å²) < 4.78 is 11.1. The fraction of sp³-hybridized carbons (Fsp3) is 0.143. The topological polar surface area (TPSA) is 80.6 Å². The number of nitrogens with one attached hydrogen (secondary N) is 2. The molecule has 1 atom stereocenters. The predicted molar refractivity (Wildman–Crippen MR) is 105 cm³/mol. The molecule has 0 radical (unpaired) electrons. The number of carbonyl (C=O) groups excluding carboxylic acids is 2. The predicted octanol–water partition coefficient (Wildman–Crippen LogP) is 3.34. The SMILES string of the molecule is O=C(NNC(=O)C1Cc2ccccc2S1)c1ccc(COc2ccccc2)o1. The molecule has 0 spiro atoms. The van der Waals surface area contributed by atoms with Crippen molar-refractivity contribution >= 4 is 23.6 Å². The van der Waals surface area contributed by atoms with E-state index in [-0.39, 0.29) is 23.5 Å². The Morgan fingerprint density at radius 2 is 1.79 bits per heavy atom. The minimum Gasteiger partial charge on any atom is -0.486 e. The zero-order chi connectivity index (χ0) is 19.3. The summed E-state index contributed by atoms with van der Waals surface area (Å²) in [6, 6.07) is 20.5. The van der Waals surface area contributed by atoms with E-state index >= 15 is 0 Å². The molecular formula is C21H18N2O4S. The highest BCUT2D eigenvalue weighted by Gasteiger charge is 2.28. The van der Waals surface area contributed by atoms with E-state index < -0.39 is 5.91 Å². The zero-order valence-corrected chi connectivity index (χ0v) is 15.7. The smallest absolute Gasteiger partial charge is 0.305 e. The number of para-hydroxylation sites is 1. The Morgan fingerprint density at radius 3 is 2.61 bits per heavy atom. The van der Waals surface area contributed by atoms with Gasteiger partial charge >= 0.3 is 5.91 Å². The van der Waals surface area contributed by atoms with Crippen LogP contribution < -0.4 is 15.6 Å².